The monoisotopic (exact) mass is 372 g/mol. The zero-order valence-corrected chi connectivity index (χ0v) is 15.6. The average molecular weight is 372 g/mol. The molecule has 1 heterocycles. The van der Waals surface area contributed by atoms with Gasteiger partial charge in [-0.1, -0.05) is 78.4 Å². The van der Waals surface area contributed by atoms with E-state index < -0.39 is 23.1 Å². The Hall–Kier alpha value is -3.53. The lowest BCUT2D eigenvalue weighted by molar-refractivity contribution is -0.147. The highest BCUT2D eigenvalue weighted by Crippen LogP contribution is 2.46. The SMILES string of the molecule is Cc1ccc(-c2ccc(C3(c4ccccc4)OC(=O)C(O)=C3O)c(C)c2)cc1. The van der Waals surface area contributed by atoms with E-state index in [-0.39, 0.29) is 0 Å². The summed E-state index contributed by atoms with van der Waals surface area (Å²) in [5.41, 5.74) is 3.71. The molecule has 0 amide bonds. The molecule has 28 heavy (non-hydrogen) atoms. The van der Waals surface area contributed by atoms with Crippen molar-refractivity contribution in [1.82, 2.24) is 0 Å². The molecule has 1 aliphatic heterocycles. The van der Waals surface area contributed by atoms with Crippen LogP contribution >= 0.6 is 0 Å². The molecule has 4 rings (SSSR count). The van der Waals surface area contributed by atoms with Crippen LogP contribution in [-0.2, 0) is 15.1 Å². The number of carbonyl (C=O) groups excluding carboxylic acids is 1. The van der Waals surface area contributed by atoms with Crippen LogP contribution in [0.3, 0.4) is 0 Å². The van der Waals surface area contributed by atoms with E-state index in [4.69, 9.17) is 4.74 Å². The van der Waals surface area contributed by atoms with Gasteiger partial charge in [-0.15, -0.1) is 0 Å². The maximum absolute atomic E-state index is 12.1. The van der Waals surface area contributed by atoms with Crippen LogP contribution in [0.2, 0.25) is 0 Å². The van der Waals surface area contributed by atoms with Crippen molar-refractivity contribution in [2.24, 2.45) is 0 Å². The fourth-order valence-electron chi connectivity index (χ4n) is 3.69. The topological polar surface area (TPSA) is 66.8 Å². The maximum atomic E-state index is 12.1. The second-order valence-corrected chi connectivity index (χ2v) is 7.03. The average Bonchev–Trinajstić information content (AvgIpc) is 2.94. The lowest BCUT2D eigenvalue weighted by Gasteiger charge is -2.30. The number of rotatable bonds is 3. The predicted octanol–water partition coefficient (Wildman–Crippen LogP) is 5.10. The summed E-state index contributed by atoms with van der Waals surface area (Å²) in [6.45, 7) is 3.94. The van der Waals surface area contributed by atoms with Crippen LogP contribution in [0.1, 0.15) is 22.3 Å². The van der Waals surface area contributed by atoms with Crippen LogP contribution in [0.25, 0.3) is 11.1 Å². The van der Waals surface area contributed by atoms with Crippen molar-refractivity contribution in [3.05, 3.63) is 107 Å². The Bertz CT molecular complexity index is 1080. The molecule has 0 spiro atoms. The Morgan fingerprint density at radius 2 is 1.46 bits per heavy atom. The van der Waals surface area contributed by atoms with Gasteiger partial charge in [-0.2, -0.15) is 0 Å². The molecular formula is C24H20O4. The minimum absolute atomic E-state index is 0.491. The Morgan fingerprint density at radius 1 is 0.821 bits per heavy atom. The first kappa shape index (κ1) is 17.9. The van der Waals surface area contributed by atoms with Crippen molar-refractivity contribution in [3.63, 3.8) is 0 Å². The smallest absolute Gasteiger partial charge is 0.378 e. The summed E-state index contributed by atoms with van der Waals surface area (Å²) in [4.78, 5) is 12.1. The number of hydrogen-bond acceptors (Lipinski definition) is 4. The van der Waals surface area contributed by atoms with Crippen molar-refractivity contribution in [3.8, 4) is 11.1 Å². The van der Waals surface area contributed by atoms with E-state index >= 15 is 0 Å². The van der Waals surface area contributed by atoms with Crippen molar-refractivity contribution in [1.29, 1.82) is 0 Å². The third-order valence-electron chi connectivity index (χ3n) is 5.17. The zero-order valence-electron chi connectivity index (χ0n) is 15.6. The number of benzene rings is 3. The van der Waals surface area contributed by atoms with E-state index in [0.717, 1.165) is 16.7 Å². The number of ether oxygens (including phenoxy) is 1. The van der Waals surface area contributed by atoms with Gasteiger partial charge in [0.2, 0.25) is 11.4 Å². The van der Waals surface area contributed by atoms with Gasteiger partial charge >= 0.3 is 5.97 Å². The fraction of sp³-hybridized carbons (Fsp3) is 0.125. The molecule has 4 nitrogen and oxygen atoms in total. The van der Waals surface area contributed by atoms with Crippen LogP contribution in [0.5, 0.6) is 0 Å². The van der Waals surface area contributed by atoms with Crippen molar-refractivity contribution in [2.75, 3.05) is 0 Å². The summed E-state index contributed by atoms with van der Waals surface area (Å²) in [7, 11) is 0. The number of cyclic esters (lactones) is 1. The van der Waals surface area contributed by atoms with Crippen LogP contribution in [0.15, 0.2) is 84.3 Å². The normalized spacial score (nSPS) is 19.0. The van der Waals surface area contributed by atoms with Crippen LogP contribution in [-0.4, -0.2) is 16.2 Å². The molecular weight excluding hydrogens is 352 g/mol. The van der Waals surface area contributed by atoms with E-state index in [1.165, 1.54) is 5.56 Å². The number of aryl methyl sites for hydroxylation is 2. The second kappa shape index (κ2) is 6.57. The summed E-state index contributed by atoms with van der Waals surface area (Å²) in [6.07, 6.45) is 0. The molecule has 0 fully saturated rings. The van der Waals surface area contributed by atoms with Gasteiger partial charge < -0.3 is 14.9 Å². The van der Waals surface area contributed by atoms with E-state index in [9.17, 15) is 15.0 Å². The van der Waals surface area contributed by atoms with E-state index in [0.29, 0.717) is 11.1 Å². The number of aliphatic hydroxyl groups is 2. The standard InChI is InChI=1S/C24H20O4/c1-15-8-10-17(11-9-15)18-12-13-20(16(2)14-18)24(19-6-4-3-5-7-19)22(26)21(25)23(27)28-24/h3-14,25-26H,1-2H3. The molecule has 0 bridgehead atoms. The molecule has 0 aliphatic carbocycles. The van der Waals surface area contributed by atoms with Crippen LogP contribution in [0.4, 0.5) is 0 Å². The number of carbonyl (C=O) groups is 1. The van der Waals surface area contributed by atoms with Crippen molar-refractivity contribution >= 4 is 5.97 Å². The van der Waals surface area contributed by atoms with E-state index in [2.05, 4.69) is 24.3 Å². The van der Waals surface area contributed by atoms with Gasteiger partial charge in [0.05, 0.1) is 0 Å². The molecule has 2 N–H and O–H groups in total. The third kappa shape index (κ3) is 2.65. The summed E-state index contributed by atoms with van der Waals surface area (Å²) >= 11 is 0. The van der Waals surface area contributed by atoms with Crippen LogP contribution in [0, 0.1) is 13.8 Å². The van der Waals surface area contributed by atoms with Gasteiger partial charge in [0, 0.05) is 11.1 Å². The molecule has 0 aromatic heterocycles. The lowest BCUT2D eigenvalue weighted by atomic mass is 9.81. The van der Waals surface area contributed by atoms with Gasteiger partial charge in [0.25, 0.3) is 0 Å². The molecule has 0 radical (unpaired) electrons. The predicted molar refractivity (Wildman–Crippen MR) is 107 cm³/mol. The molecule has 3 aromatic rings. The molecule has 1 unspecified atom stereocenters. The molecule has 140 valence electrons. The number of hydrogen-bond donors (Lipinski definition) is 2. The Morgan fingerprint density at radius 3 is 2.04 bits per heavy atom. The molecule has 1 aliphatic rings. The molecule has 0 saturated heterocycles. The third-order valence-corrected chi connectivity index (χ3v) is 5.17. The van der Waals surface area contributed by atoms with Gasteiger partial charge in [0.15, 0.2) is 5.76 Å². The first-order valence-electron chi connectivity index (χ1n) is 9.03. The summed E-state index contributed by atoms with van der Waals surface area (Å²) < 4.78 is 5.57. The molecule has 0 saturated carbocycles. The highest BCUT2D eigenvalue weighted by Gasteiger charge is 2.52. The molecule has 4 heteroatoms. The van der Waals surface area contributed by atoms with Gasteiger partial charge in [-0.25, -0.2) is 4.79 Å². The largest absolute Gasteiger partial charge is 0.504 e. The quantitative estimate of drug-likeness (QED) is 0.628. The number of esters is 1. The lowest BCUT2D eigenvalue weighted by Crippen LogP contribution is -2.31. The maximum Gasteiger partial charge on any atom is 0.378 e. The minimum Gasteiger partial charge on any atom is -0.504 e. The second-order valence-electron chi connectivity index (χ2n) is 7.03. The summed E-state index contributed by atoms with van der Waals surface area (Å²) in [5, 5.41) is 20.7. The van der Waals surface area contributed by atoms with Crippen molar-refractivity contribution < 1.29 is 19.7 Å². The van der Waals surface area contributed by atoms with Gasteiger partial charge in [-0.3, -0.25) is 0 Å². The highest BCUT2D eigenvalue weighted by atomic mass is 16.6. The van der Waals surface area contributed by atoms with E-state index in [1.807, 2.05) is 38.1 Å². The fourth-order valence-corrected chi connectivity index (χ4v) is 3.69. The first-order chi connectivity index (χ1) is 13.4. The molecule has 1 atom stereocenters. The minimum atomic E-state index is -1.56. The van der Waals surface area contributed by atoms with Gasteiger partial charge in [0.1, 0.15) is 0 Å². The highest BCUT2D eigenvalue weighted by molar-refractivity contribution is 5.91. The van der Waals surface area contributed by atoms with Gasteiger partial charge in [-0.05, 0) is 30.5 Å². The number of aliphatic hydroxyl groups excluding tert-OH is 2. The van der Waals surface area contributed by atoms with E-state index in [1.54, 1.807) is 24.3 Å². The van der Waals surface area contributed by atoms with Crippen LogP contribution < -0.4 is 0 Å². The Labute approximate surface area is 163 Å². The first-order valence-corrected chi connectivity index (χ1v) is 9.03. The summed E-state index contributed by atoms with van der Waals surface area (Å²) in [6, 6.07) is 22.9. The van der Waals surface area contributed by atoms with Crippen molar-refractivity contribution in [2.45, 2.75) is 19.4 Å². The summed E-state index contributed by atoms with van der Waals surface area (Å²) in [5.74, 6) is -2.19. The molecule has 3 aromatic carbocycles. The Kier molecular flexibility index (Phi) is 4.19. The Balaban J connectivity index is 1.89. The zero-order chi connectivity index (χ0) is 19.9.